The van der Waals surface area contributed by atoms with E-state index in [1.807, 2.05) is 0 Å². The van der Waals surface area contributed by atoms with Crippen molar-refractivity contribution in [2.75, 3.05) is 11.1 Å². The molecule has 5 N–H and O–H groups in total. The van der Waals surface area contributed by atoms with Crippen molar-refractivity contribution < 1.29 is 9.18 Å². The van der Waals surface area contributed by atoms with Crippen molar-refractivity contribution in [2.45, 2.75) is 0 Å². The molecule has 0 aliphatic carbocycles. The highest BCUT2D eigenvalue weighted by Crippen LogP contribution is 2.26. The Morgan fingerprint density at radius 1 is 1.21 bits per heavy atom. The largest absolute Gasteiger partial charge is 0.399 e. The van der Waals surface area contributed by atoms with E-state index in [-0.39, 0.29) is 11.4 Å². The lowest BCUT2D eigenvalue weighted by atomic mass is 10.1. The summed E-state index contributed by atoms with van der Waals surface area (Å²) in [4.78, 5) is 11.3. The average Bonchev–Trinajstić information content (AvgIpc) is 2.36. The molecule has 0 heterocycles. The van der Waals surface area contributed by atoms with Gasteiger partial charge < -0.3 is 16.8 Å². The minimum absolute atomic E-state index is 0.278. The molecule has 1 amide bonds. The van der Waals surface area contributed by atoms with Gasteiger partial charge in [-0.05, 0) is 52.3 Å². The number of primary amides is 1. The SMILES string of the molecule is NC(=O)c1cc(N)ccc1Nc1ccc(F)c(Br)c1. The topological polar surface area (TPSA) is 81.1 Å². The van der Waals surface area contributed by atoms with Crippen LogP contribution in [0.5, 0.6) is 0 Å². The van der Waals surface area contributed by atoms with Gasteiger partial charge >= 0.3 is 0 Å². The Balaban J connectivity index is 2.37. The van der Waals surface area contributed by atoms with Crippen LogP contribution in [-0.2, 0) is 0 Å². The summed E-state index contributed by atoms with van der Waals surface area (Å²) in [5, 5.41) is 3.00. The average molecular weight is 324 g/mol. The molecular formula is C13H11BrFN3O. The summed E-state index contributed by atoms with van der Waals surface area (Å²) in [6.45, 7) is 0. The first kappa shape index (κ1) is 13.4. The number of rotatable bonds is 3. The second-order valence-corrected chi connectivity index (χ2v) is 4.78. The summed E-state index contributed by atoms with van der Waals surface area (Å²) >= 11 is 3.09. The van der Waals surface area contributed by atoms with E-state index in [0.29, 0.717) is 21.5 Å². The normalized spacial score (nSPS) is 10.2. The Kier molecular flexibility index (Phi) is 3.71. The first-order chi connectivity index (χ1) is 8.97. The van der Waals surface area contributed by atoms with Crippen LogP contribution >= 0.6 is 15.9 Å². The summed E-state index contributed by atoms with van der Waals surface area (Å²) in [5.41, 5.74) is 12.8. The highest BCUT2D eigenvalue weighted by Gasteiger charge is 2.09. The molecule has 4 nitrogen and oxygen atoms in total. The fraction of sp³-hybridized carbons (Fsp3) is 0. The summed E-state index contributed by atoms with van der Waals surface area (Å²) in [7, 11) is 0. The van der Waals surface area contributed by atoms with Crippen molar-refractivity contribution in [3.63, 3.8) is 0 Å². The number of amides is 1. The highest BCUT2D eigenvalue weighted by atomic mass is 79.9. The Hall–Kier alpha value is -2.08. The molecule has 0 aromatic heterocycles. The molecule has 98 valence electrons. The number of hydrogen-bond donors (Lipinski definition) is 3. The zero-order valence-corrected chi connectivity index (χ0v) is 11.4. The lowest BCUT2D eigenvalue weighted by molar-refractivity contribution is 0.100. The number of halogens is 2. The third-order valence-electron chi connectivity index (χ3n) is 2.51. The molecule has 2 aromatic rings. The van der Waals surface area contributed by atoms with Gasteiger partial charge in [-0.3, -0.25) is 4.79 Å². The number of carbonyl (C=O) groups excluding carboxylic acids is 1. The molecule has 2 aromatic carbocycles. The molecule has 19 heavy (non-hydrogen) atoms. The Morgan fingerprint density at radius 2 is 1.95 bits per heavy atom. The number of carbonyl (C=O) groups is 1. The Morgan fingerprint density at radius 3 is 2.58 bits per heavy atom. The molecule has 0 saturated heterocycles. The number of hydrogen-bond acceptors (Lipinski definition) is 3. The summed E-state index contributed by atoms with van der Waals surface area (Å²) in [6, 6.07) is 9.22. The van der Waals surface area contributed by atoms with Crippen molar-refractivity contribution in [2.24, 2.45) is 5.73 Å². The van der Waals surface area contributed by atoms with E-state index in [1.165, 1.54) is 12.1 Å². The van der Waals surface area contributed by atoms with E-state index in [9.17, 15) is 9.18 Å². The molecular weight excluding hydrogens is 313 g/mol. The quantitative estimate of drug-likeness (QED) is 0.759. The van der Waals surface area contributed by atoms with Gasteiger partial charge in [0.2, 0.25) is 0 Å². The maximum absolute atomic E-state index is 13.1. The van der Waals surface area contributed by atoms with Crippen molar-refractivity contribution in [3.05, 3.63) is 52.3 Å². The van der Waals surface area contributed by atoms with Crippen LogP contribution in [0.4, 0.5) is 21.5 Å². The first-order valence-corrected chi connectivity index (χ1v) is 6.18. The van der Waals surface area contributed by atoms with E-state index in [2.05, 4.69) is 21.2 Å². The van der Waals surface area contributed by atoms with Gasteiger partial charge in [0.25, 0.3) is 5.91 Å². The molecule has 0 aliphatic heterocycles. The second-order valence-electron chi connectivity index (χ2n) is 3.92. The number of nitrogens with one attached hydrogen (secondary N) is 1. The van der Waals surface area contributed by atoms with E-state index in [0.717, 1.165) is 0 Å². The maximum atomic E-state index is 13.1. The first-order valence-electron chi connectivity index (χ1n) is 5.39. The predicted molar refractivity (Wildman–Crippen MR) is 76.8 cm³/mol. The van der Waals surface area contributed by atoms with Crippen LogP contribution in [0.2, 0.25) is 0 Å². The second kappa shape index (κ2) is 5.27. The van der Waals surface area contributed by atoms with Crippen LogP contribution in [0.1, 0.15) is 10.4 Å². The lowest BCUT2D eigenvalue weighted by Crippen LogP contribution is -2.13. The molecule has 0 saturated carbocycles. The van der Waals surface area contributed by atoms with Crippen LogP contribution < -0.4 is 16.8 Å². The Labute approximate surface area is 117 Å². The van der Waals surface area contributed by atoms with E-state index >= 15 is 0 Å². The minimum Gasteiger partial charge on any atom is -0.399 e. The monoisotopic (exact) mass is 323 g/mol. The van der Waals surface area contributed by atoms with Gasteiger partial charge in [-0.1, -0.05) is 0 Å². The van der Waals surface area contributed by atoms with Gasteiger partial charge in [-0.2, -0.15) is 0 Å². The third-order valence-corrected chi connectivity index (χ3v) is 3.12. The number of anilines is 3. The summed E-state index contributed by atoms with van der Waals surface area (Å²) in [5.74, 6) is -0.950. The lowest BCUT2D eigenvalue weighted by Gasteiger charge is -2.11. The van der Waals surface area contributed by atoms with Gasteiger partial charge in [-0.15, -0.1) is 0 Å². The standard InChI is InChI=1S/C13H11BrFN3O/c14-10-6-8(2-3-11(10)15)18-12-4-1-7(16)5-9(12)13(17)19/h1-6,18H,16H2,(H2,17,19). The highest BCUT2D eigenvalue weighted by molar-refractivity contribution is 9.10. The molecule has 0 spiro atoms. The molecule has 0 aliphatic rings. The van der Waals surface area contributed by atoms with Crippen molar-refractivity contribution >= 4 is 38.9 Å². The molecule has 0 atom stereocenters. The molecule has 2 rings (SSSR count). The van der Waals surface area contributed by atoms with E-state index in [4.69, 9.17) is 11.5 Å². The smallest absolute Gasteiger partial charge is 0.250 e. The van der Waals surface area contributed by atoms with Crippen LogP contribution in [0.25, 0.3) is 0 Å². The third kappa shape index (κ3) is 3.03. The van der Waals surface area contributed by atoms with E-state index < -0.39 is 5.91 Å². The van der Waals surface area contributed by atoms with Crippen LogP contribution in [-0.4, -0.2) is 5.91 Å². The Bertz CT molecular complexity index is 646. The zero-order chi connectivity index (χ0) is 14.0. The molecule has 0 bridgehead atoms. The van der Waals surface area contributed by atoms with Gasteiger partial charge in [-0.25, -0.2) is 4.39 Å². The molecule has 0 unspecified atom stereocenters. The number of nitrogen functional groups attached to an aromatic ring is 1. The van der Waals surface area contributed by atoms with Gasteiger partial charge in [0.05, 0.1) is 15.7 Å². The molecule has 0 radical (unpaired) electrons. The number of benzene rings is 2. The van der Waals surface area contributed by atoms with Crippen LogP contribution in [0, 0.1) is 5.82 Å². The number of nitrogens with two attached hydrogens (primary N) is 2. The fourth-order valence-electron chi connectivity index (χ4n) is 1.60. The predicted octanol–water partition coefficient (Wildman–Crippen LogP) is 3.01. The molecule has 6 heteroatoms. The van der Waals surface area contributed by atoms with E-state index in [1.54, 1.807) is 24.3 Å². The van der Waals surface area contributed by atoms with Crippen LogP contribution in [0.3, 0.4) is 0 Å². The molecule has 0 fully saturated rings. The van der Waals surface area contributed by atoms with Gasteiger partial charge in [0.15, 0.2) is 0 Å². The van der Waals surface area contributed by atoms with Crippen LogP contribution in [0.15, 0.2) is 40.9 Å². The van der Waals surface area contributed by atoms with Gasteiger partial charge in [0.1, 0.15) is 5.82 Å². The van der Waals surface area contributed by atoms with Crippen molar-refractivity contribution in [1.29, 1.82) is 0 Å². The summed E-state index contributed by atoms with van der Waals surface area (Å²) in [6.07, 6.45) is 0. The fourth-order valence-corrected chi connectivity index (χ4v) is 1.98. The van der Waals surface area contributed by atoms with Crippen molar-refractivity contribution in [3.8, 4) is 0 Å². The summed E-state index contributed by atoms with van der Waals surface area (Å²) < 4.78 is 13.5. The maximum Gasteiger partial charge on any atom is 0.250 e. The minimum atomic E-state index is -0.587. The zero-order valence-electron chi connectivity index (χ0n) is 9.78. The van der Waals surface area contributed by atoms with Crippen molar-refractivity contribution in [1.82, 2.24) is 0 Å². The van der Waals surface area contributed by atoms with Gasteiger partial charge in [0, 0.05) is 11.4 Å².